The first-order valence-electron chi connectivity index (χ1n) is 19.8. The number of methoxy groups -OCH3 is 1. The van der Waals surface area contributed by atoms with Crippen molar-refractivity contribution in [2.75, 3.05) is 72.3 Å². The minimum atomic E-state index is -1.13. The van der Waals surface area contributed by atoms with E-state index < -0.39 is 17.5 Å². The zero-order chi connectivity index (χ0) is 44.7. The molecule has 326 valence electrons. The van der Waals surface area contributed by atoms with Crippen molar-refractivity contribution in [2.24, 2.45) is 13.0 Å². The molecule has 62 heavy (non-hydrogen) atoms. The highest BCUT2D eigenvalue weighted by Crippen LogP contribution is 2.33. The van der Waals surface area contributed by atoms with Crippen LogP contribution < -0.4 is 10.6 Å². The largest absolute Gasteiger partial charge is 0.471 e. The number of halogens is 3. The Morgan fingerprint density at radius 3 is 2.29 bits per heavy atom. The molecule has 3 aromatic heterocycles. The Labute approximate surface area is 362 Å². The molecule has 0 bridgehead atoms. The number of anilines is 1. The van der Waals surface area contributed by atoms with Crippen LogP contribution in [0.1, 0.15) is 43.6 Å². The maximum absolute atomic E-state index is 15.7. The van der Waals surface area contributed by atoms with E-state index in [0.29, 0.717) is 49.6 Å². The number of likely N-dealkylation sites (tertiary alicyclic amines) is 1. The average Bonchev–Trinajstić information content (AvgIpc) is 3.96. The number of quaternary nitrogens is 1. The fourth-order valence-electron chi connectivity index (χ4n) is 7.59. The highest BCUT2D eigenvalue weighted by atomic mass is 35.5. The zero-order valence-electron chi connectivity index (χ0n) is 35.0. The number of pyridine rings is 1. The first-order valence-corrected chi connectivity index (χ1v) is 20.2. The van der Waals surface area contributed by atoms with Gasteiger partial charge in [-0.05, 0) is 43.3 Å². The van der Waals surface area contributed by atoms with Crippen molar-refractivity contribution in [2.45, 2.75) is 19.9 Å². The number of piperazine rings is 1. The normalized spacial score (nSPS) is 15.6. The SMILES string of the molecule is COC=O.Cc1nn(CCNC(=O)c2ccccn2)cc1-c1ccc(-c2cnc(C(=O)Nc3ccc(C(=O)N4CCN(C(=O)C5CC[N+](C)(C)C5)CC4)c(Cl)c3)n2C)c(F)c1F. The van der Waals surface area contributed by atoms with Crippen LogP contribution in [-0.2, 0) is 27.9 Å². The highest BCUT2D eigenvalue weighted by Gasteiger charge is 2.39. The zero-order valence-corrected chi connectivity index (χ0v) is 35.8. The van der Waals surface area contributed by atoms with Crippen LogP contribution in [0.2, 0.25) is 5.02 Å². The van der Waals surface area contributed by atoms with Gasteiger partial charge in [0.05, 0.1) is 74.9 Å². The van der Waals surface area contributed by atoms with E-state index in [1.165, 1.54) is 55.4 Å². The second-order valence-corrected chi connectivity index (χ2v) is 16.0. The Morgan fingerprint density at radius 2 is 1.65 bits per heavy atom. The Bertz CT molecular complexity index is 2470. The van der Waals surface area contributed by atoms with Crippen molar-refractivity contribution in [1.29, 1.82) is 0 Å². The second kappa shape index (κ2) is 19.5. The van der Waals surface area contributed by atoms with E-state index in [1.54, 1.807) is 47.0 Å². The lowest BCUT2D eigenvalue weighted by atomic mass is 10.0. The van der Waals surface area contributed by atoms with Gasteiger partial charge in [-0.1, -0.05) is 23.7 Å². The quantitative estimate of drug-likeness (QED) is 0.144. The Morgan fingerprint density at radius 1 is 0.952 bits per heavy atom. The molecule has 2 N–H and O–H groups in total. The van der Waals surface area contributed by atoms with Gasteiger partial charge in [0.2, 0.25) is 5.91 Å². The summed E-state index contributed by atoms with van der Waals surface area (Å²) in [6.45, 7) is 6.06. The Hall–Kier alpha value is -6.53. The maximum Gasteiger partial charge on any atom is 0.292 e. The van der Waals surface area contributed by atoms with E-state index in [2.05, 4.69) is 44.5 Å². The lowest BCUT2D eigenvalue weighted by Crippen LogP contribution is -2.52. The second-order valence-electron chi connectivity index (χ2n) is 15.6. The number of hydrogen-bond acceptors (Lipinski definition) is 9. The molecule has 2 aliphatic heterocycles. The summed E-state index contributed by atoms with van der Waals surface area (Å²) in [5.74, 6) is -3.37. The van der Waals surface area contributed by atoms with Crippen LogP contribution in [0.25, 0.3) is 22.4 Å². The molecule has 1 unspecified atom stereocenters. The third-order valence-corrected chi connectivity index (χ3v) is 11.2. The fraction of sp³-hybridized carbons (Fsp3) is 0.349. The van der Waals surface area contributed by atoms with Gasteiger partial charge in [0.15, 0.2) is 17.5 Å². The topological polar surface area (TPSA) is 174 Å². The van der Waals surface area contributed by atoms with E-state index in [-0.39, 0.29) is 75.7 Å². The summed E-state index contributed by atoms with van der Waals surface area (Å²) < 4.78 is 39.0. The van der Waals surface area contributed by atoms with Gasteiger partial charge < -0.3 is 34.2 Å². The Kier molecular flexibility index (Phi) is 14.1. The van der Waals surface area contributed by atoms with Gasteiger partial charge in [-0.3, -0.25) is 33.6 Å². The van der Waals surface area contributed by atoms with Crippen molar-refractivity contribution < 1.29 is 42.0 Å². The number of imidazole rings is 1. The maximum atomic E-state index is 15.7. The number of ether oxygens (including phenoxy) is 1. The lowest BCUT2D eigenvalue weighted by Gasteiger charge is -2.36. The summed E-state index contributed by atoms with van der Waals surface area (Å²) in [6, 6.07) is 12.4. The van der Waals surface area contributed by atoms with Crippen LogP contribution >= 0.6 is 11.6 Å². The van der Waals surface area contributed by atoms with Crippen LogP contribution in [0.4, 0.5) is 14.5 Å². The van der Waals surface area contributed by atoms with Crippen LogP contribution in [0.3, 0.4) is 0 Å². The number of benzene rings is 2. The molecule has 2 aliphatic rings. The summed E-state index contributed by atoms with van der Waals surface area (Å²) in [5.41, 5.74) is 1.76. The van der Waals surface area contributed by atoms with Gasteiger partial charge in [-0.2, -0.15) is 5.10 Å². The first-order chi connectivity index (χ1) is 29.6. The van der Waals surface area contributed by atoms with Crippen LogP contribution in [0, 0.1) is 24.5 Å². The van der Waals surface area contributed by atoms with Gasteiger partial charge in [-0.15, -0.1) is 0 Å². The van der Waals surface area contributed by atoms with E-state index in [0.717, 1.165) is 24.0 Å². The summed E-state index contributed by atoms with van der Waals surface area (Å²) in [5, 5.41) is 10.0. The van der Waals surface area contributed by atoms with E-state index in [4.69, 9.17) is 16.4 Å². The molecule has 2 fully saturated rings. The minimum Gasteiger partial charge on any atom is -0.471 e. The summed E-state index contributed by atoms with van der Waals surface area (Å²) in [6.07, 6.45) is 5.26. The molecule has 0 saturated carbocycles. The molecule has 16 nitrogen and oxygen atoms in total. The standard InChI is InChI=1S/C41H43ClF2N10O4.C2H4O2/c1-25-31(23-53(49-25)15-14-46-38(55)33-7-5-6-13-45-33)28-10-11-30(36(44)35(28)43)34-22-47-37(50(34)2)39(56)48-27-8-9-29(32(42)21-27)41(58)52-18-16-51(17-19-52)40(57)26-12-20-54(3,4)24-26;1-4-2-3/h5-11,13,21-23,26H,12,14-20,24H2,1-4H3,(H-,46,48,55,56,58);2H,1H3/p+1. The van der Waals surface area contributed by atoms with Gasteiger partial charge in [0.25, 0.3) is 24.2 Å². The lowest BCUT2D eigenvalue weighted by molar-refractivity contribution is -0.878. The number of aryl methyl sites for hydroxylation is 1. The molecular weight excluding hydrogens is 826 g/mol. The number of aromatic nitrogens is 5. The Balaban J connectivity index is 0.00000154. The third kappa shape index (κ3) is 10.1. The predicted octanol–water partition coefficient (Wildman–Crippen LogP) is 4.44. The molecule has 0 spiro atoms. The fourth-order valence-corrected chi connectivity index (χ4v) is 7.85. The molecule has 2 saturated heterocycles. The monoisotopic (exact) mass is 873 g/mol. The number of nitrogens with one attached hydrogen (secondary N) is 2. The van der Waals surface area contributed by atoms with E-state index >= 15 is 8.78 Å². The summed E-state index contributed by atoms with van der Waals surface area (Å²) in [7, 11) is 7.09. The van der Waals surface area contributed by atoms with Gasteiger partial charge in [-0.25, -0.2) is 13.8 Å². The molecular formula is C43H48ClF2N10O6+. The van der Waals surface area contributed by atoms with Crippen molar-refractivity contribution in [3.05, 3.63) is 107 Å². The van der Waals surface area contributed by atoms with Crippen molar-refractivity contribution in [1.82, 2.24) is 39.4 Å². The number of rotatable bonds is 11. The molecule has 5 aromatic rings. The highest BCUT2D eigenvalue weighted by molar-refractivity contribution is 6.34. The van der Waals surface area contributed by atoms with Crippen molar-refractivity contribution >= 4 is 47.4 Å². The van der Waals surface area contributed by atoms with E-state index in [9.17, 15) is 19.2 Å². The van der Waals surface area contributed by atoms with Crippen LogP contribution in [0.15, 0.2) is 67.1 Å². The number of nitrogens with zero attached hydrogens (tertiary/aromatic N) is 8. The predicted molar refractivity (Wildman–Crippen MR) is 226 cm³/mol. The molecule has 0 aliphatic carbocycles. The minimum absolute atomic E-state index is 0.00165. The molecule has 0 radical (unpaired) electrons. The molecule has 2 aromatic carbocycles. The van der Waals surface area contributed by atoms with Crippen molar-refractivity contribution in [3.63, 3.8) is 0 Å². The molecule has 4 amide bonds. The number of amides is 4. The average molecular weight is 874 g/mol. The van der Waals surface area contributed by atoms with Gasteiger partial charge in [0.1, 0.15) is 5.69 Å². The van der Waals surface area contributed by atoms with Gasteiger partial charge in [0, 0.05) is 81.0 Å². The van der Waals surface area contributed by atoms with Crippen LogP contribution in [0.5, 0.6) is 0 Å². The first kappa shape index (κ1) is 45.0. The number of carbonyl (C=O) groups is 5. The molecule has 1 atom stereocenters. The van der Waals surface area contributed by atoms with Crippen LogP contribution in [-0.4, -0.2) is 136 Å². The summed E-state index contributed by atoms with van der Waals surface area (Å²) in [4.78, 5) is 72.8. The number of carbonyl (C=O) groups excluding carboxylic acids is 5. The smallest absolute Gasteiger partial charge is 0.292 e. The van der Waals surface area contributed by atoms with Gasteiger partial charge >= 0.3 is 0 Å². The van der Waals surface area contributed by atoms with Crippen molar-refractivity contribution in [3.8, 4) is 22.4 Å². The number of hydrogen-bond donors (Lipinski definition) is 2. The third-order valence-electron chi connectivity index (χ3n) is 10.9. The molecule has 7 rings (SSSR count). The van der Waals surface area contributed by atoms with E-state index in [1.807, 2.05) is 4.90 Å². The summed E-state index contributed by atoms with van der Waals surface area (Å²) >= 11 is 6.55. The molecule has 19 heteroatoms. The molecule has 5 heterocycles.